The number of nitrogens with one attached hydrogen (secondary N) is 2. The summed E-state index contributed by atoms with van der Waals surface area (Å²) in [7, 11) is 0. The Morgan fingerprint density at radius 3 is 2.59 bits per heavy atom. The smallest absolute Gasteiger partial charge is 0.325 e. The van der Waals surface area contributed by atoms with Crippen LogP contribution in [0.25, 0.3) is 0 Å². The predicted octanol–water partition coefficient (Wildman–Crippen LogP) is 1.85. The lowest BCUT2D eigenvalue weighted by molar-refractivity contribution is -0.130. The Hall–Kier alpha value is -1.10. The number of hydrogen-bond donors (Lipinski definition) is 2. The van der Waals surface area contributed by atoms with E-state index in [-0.39, 0.29) is 35.9 Å². The van der Waals surface area contributed by atoms with E-state index in [4.69, 9.17) is 4.99 Å². The molecular formula is C20H37IN6O2. The molecule has 8 nitrogen and oxygen atoms in total. The Bertz CT molecular complexity index is 610. The zero-order valence-corrected chi connectivity index (χ0v) is 20.4. The van der Waals surface area contributed by atoms with Gasteiger partial charge in [-0.25, -0.2) is 4.79 Å². The highest BCUT2D eigenvalue weighted by molar-refractivity contribution is 14.0. The van der Waals surface area contributed by atoms with Crippen molar-refractivity contribution in [2.75, 3.05) is 45.8 Å². The Balaban J connectivity index is 0.00000300. The van der Waals surface area contributed by atoms with Gasteiger partial charge in [0.25, 0.3) is 5.91 Å². The molecule has 2 N–H and O–H groups in total. The lowest BCUT2D eigenvalue weighted by atomic mass is 9.99. The van der Waals surface area contributed by atoms with E-state index in [1.54, 1.807) is 6.92 Å². The summed E-state index contributed by atoms with van der Waals surface area (Å²) < 4.78 is 0. The van der Waals surface area contributed by atoms with Crippen molar-refractivity contribution in [1.82, 2.24) is 25.3 Å². The second kappa shape index (κ2) is 10.8. The zero-order valence-electron chi connectivity index (χ0n) is 18.1. The summed E-state index contributed by atoms with van der Waals surface area (Å²) in [5.74, 6) is 0.837. The van der Waals surface area contributed by atoms with Crippen LogP contribution in [0.2, 0.25) is 0 Å². The summed E-state index contributed by atoms with van der Waals surface area (Å²) in [6.45, 7) is 12.2. The number of guanidine groups is 1. The second-order valence-electron chi connectivity index (χ2n) is 8.29. The maximum absolute atomic E-state index is 12.5. The molecular weight excluding hydrogens is 483 g/mol. The Labute approximate surface area is 191 Å². The van der Waals surface area contributed by atoms with Gasteiger partial charge in [0.1, 0.15) is 5.54 Å². The van der Waals surface area contributed by atoms with Crippen molar-refractivity contribution >= 4 is 41.9 Å². The Morgan fingerprint density at radius 1 is 1.24 bits per heavy atom. The van der Waals surface area contributed by atoms with Crippen LogP contribution in [0.3, 0.4) is 0 Å². The number of likely N-dealkylation sites (tertiary alicyclic amines) is 2. The van der Waals surface area contributed by atoms with Crippen molar-refractivity contribution < 1.29 is 9.59 Å². The molecule has 0 saturated carbocycles. The minimum Gasteiger partial charge on any atom is -0.357 e. The van der Waals surface area contributed by atoms with Gasteiger partial charge in [0.15, 0.2) is 5.96 Å². The van der Waals surface area contributed by atoms with E-state index < -0.39 is 5.54 Å². The van der Waals surface area contributed by atoms with Gasteiger partial charge >= 0.3 is 6.03 Å². The number of amides is 3. The van der Waals surface area contributed by atoms with E-state index in [0.717, 1.165) is 25.6 Å². The molecule has 166 valence electrons. The van der Waals surface area contributed by atoms with Gasteiger partial charge in [0.05, 0.1) is 0 Å². The van der Waals surface area contributed by atoms with Crippen LogP contribution in [0.1, 0.15) is 52.9 Å². The maximum atomic E-state index is 12.5. The average Bonchev–Trinajstić information content (AvgIpc) is 3.40. The van der Waals surface area contributed by atoms with E-state index >= 15 is 0 Å². The first kappa shape index (κ1) is 24.2. The Morgan fingerprint density at radius 2 is 1.97 bits per heavy atom. The third-order valence-electron chi connectivity index (χ3n) is 6.31. The number of carbonyl (C=O) groups is 2. The number of urea groups is 1. The van der Waals surface area contributed by atoms with Crippen LogP contribution in [-0.2, 0) is 4.79 Å². The number of carbonyl (C=O) groups excluding carboxylic acids is 2. The standard InChI is InChI=1S/C20H36N6O2.HI/c1-4-20(3)17(27)26(19(28)23-20)13-8-10-22-18(21-5-2)25-14-9-16(15-25)24-11-6-7-12-24;/h16H,4-15H2,1-3H3,(H,21,22)(H,23,28);1H. The molecule has 0 aromatic rings. The van der Waals surface area contributed by atoms with E-state index in [9.17, 15) is 9.59 Å². The van der Waals surface area contributed by atoms with Gasteiger partial charge < -0.3 is 15.5 Å². The zero-order chi connectivity index (χ0) is 20.1. The van der Waals surface area contributed by atoms with E-state index in [0.29, 0.717) is 32.0 Å². The topological polar surface area (TPSA) is 80.3 Å². The first-order valence-corrected chi connectivity index (χ1v) is 10.9. The molecule has 9 heteroatoms. The van der Waals surface area contributed by atoms with Crippen LogP contribution in [0.4, 0.5) is 4.79 Å². The van der Waals surface area contributed by atoms with Crippen LogP contribution < -0.4 is 10.6 Å². The second-order valence-corrected chi connectivity index (χ2v) is 8.29. The van der Waals surface area contributed by atoms with Gasteiger partial charge in [0, 0.05) is 38.8 Å². The predicted molar refractivity (Wildman–Crippen MR) is 126 cm³/mol. The number of nitrogens with zero attached hydrogens (tertiary/aromatic N) is 4. The highest BCUT2D eigenvalue weighted by atomic mass is 127. The summed E-state index contributed by atoms with van der Waals surface area (Å²) in [4.78, 5) is 35.6. The molecule has 3 saturated heterocycles. The molecule has 3 fully saturated rings. The molecule has 0 aromatic heterocycles. The van der Waals surface area contributed by atoms with Crippen molar-refractivity contribution in [3.8, 4) is 0 Å². The molecule has 0 bridgehead atoms. The SMILES string of the molecule is CCNC(=NCCCN1C(=O)NC(C)(CC)C1=O)N1CCC(N2CCCC2)C1.I. The largest absolute Gasteiger partial charge is 0.357 e. The lowest BCUT2D eigenvalue weighted by Crippen LogP contribution is -2.43. The Kier molecular flexibility index (Phi) is 8.99. The first-order valence-electron chi connectivity index (χ1n) is 10.9. The molecule has 3 heterocycles. The van der Waals surface area contributed by atoms with Gasteiger partial charge in [0.2, 0.25) is 0 Å². The van der Waals surface area contributed by atoms with Crippen molar-refractivity contribution in [2.24, 2.45) is 4.99 Å². The van der Waals surface area contributed by atoms with Gasteiger partial charge in [-0.05, 0) is 59.0 Å². The minimum absolute atomic E-state index is 0. The van der Waals surface area contributed by atoms with Crippen molar-refractivity contribution in [3.63, 3.8) is 0 Å². The van der Waals surface area contributed by atoms with Crippen molar-refractivity contribution in [2.45, 2.75) is 64.5 Å². The third-order valence-corrected chi connectivity index (χ3v) is 6.31. The van der Waals surface area contributed by atoms with Crippen LogP contribution in [0.5, 0.6) is 0 Å². The maximum Gasteiger partial charge on any atom is 0.325 e. The summed E-state index contributed by atoms with van der Waals surface area (Å²) in [5.41, 5.74) is -0.755. The summed E-state index contributed by atoms with van der Waals surface area (Å²) in [5, 5.41) is 6.20. The highest BCUT2D eigenvalue weighted by Crippen LogP contribution is 2.22. The van der Waals surface area contributed by atoms with Crippen LogP contribution in [-0.4, -0.2) is 90.0 Å². The minimum atomic E-state index is -0.755. The molecule has 3 amide bonds. The summed E-state index contributed by atoms with van der Waals surface area (Å²) >= 11 is 0. The fourth-order valence-corrected chi connectivity index (χ4v) is 4.37. The van der Waals surface area contributed by atoms with E-state index in [1.807, 2.05) is 6.92 Å². The molecule has 3 aliphatic rings. The van der Waals surface area contributed by atoms with Crippen LogP contribution >= 0.6 is 24.0 Å². The van der Waals surface area contributed by atoms with Crippen LogP contribution in [0.15, 0.2) is 4.99 Å². The van der Waals surface area contributed by atoms with Crippen LogP contribution in [0, 0.1) is 0 Å². The molecule has 2 unspecified atom stereocenters. The van der Waals surface area contributed by atoms with E-state index in [1.165, 1.54) is 37.3 Å². The number of imide groups is 1. The number of halogens is 1. The van der Waals surface area contributed by atoms with Gasteiger partial charge in [-0.3, -0.25) is 19.6 Å². The number of aliphatic imine (C=N–C) groups is 1. The fourth-order valence-electron chi connectivity index (χ4n) is 4.37. The normalized spacial score (nSPS) is 28.1. The average molecular weight is 520 g/mol. The summed E-state index contributed by atoms with van der Waals surface area (Å²) in [6, 6.07) is 0.363. The number of rotatable bonds is 7. The monoisotopic (exact) mass is 520 g/mol. The van der Waals surface area contributed by atoms with Gasteiger partial charge in [-0.1, -0.05) is 6.92 Å². The fraction of sp³-hybridized carbons (Fsp3) is 0.850. The molecule has 0 radical (unpaired) electrons. The molecule has 0 spiro atoms. The van der Waals surface area contributed by atoms with Gasteiger partial charge in [-0.2, -0.15) is 0 Å². The molecule has 0 aromatic carbocycles. The first-order chi connectivity index (χ1) is 13.5. The molecule has 29 heavy (non-hydrogen) atoms. The summed E-state index contributed by atoms with van der Waals surface area (Å²) in [6.07, 6.45) is 5.12. The van der Waals surface area contributed by atoms with Crippen molar-refractivity contribution in [1.29, 1.82) is 0 Å². The quantitative estimate of drug-likeness (QED) is 0.176. The van der Waals surface area contributed by atoms with Crippen molar-refractivity contribution in [3.05, 3.63) is 0 Å². The van der Waals surface area contributed by atoms with E-state index in [2.05, 4.69) is 27.4 Å². The molecule has 2 atom stereocenters. The molecule has 3 aliphatic heterocycles. The number of hydrogen-bond acceptors (Lipinski definition) is 4. The lowest BCUT2D eigenvalue weighted by Gasteiger charge is -2.25. The molecule has 0 aliphatic carbocycles. The molecule has 3 rings (SSSR count). The highest BCUT2D eigenvalue weighted by Gasteiger charge is 2.45. The third kappa shape index (κ3) is 5.53. The van der Waals surface area contributed by atoms with Gasteiger partial charge in [-0.15, -0.1) is 24.0 Å².